The molecule has 3 amide bonds. The summed E-state index contributed by atoms with van der Waals surface area (Å²) in [5, 5.41) is 2.76. The predicted molar refractivity (Wildman–Crippen MR) is 77.8 cm³/mol. The predicted octanol–water partition coefficient (Wildman–Crippen LogP) is 2.17. The molecule has 2 saturated heterocycles. The van der Waals surface area contributed by atoms with Crippen molar-refractivity contribution in [2.24, 2.45) is 0 Å². The summed E-state index contributed by atoms with van der Waals surface area (Å²) in [6, 6.07) is -0.415. The average Bonchev–Trinajstić information content (AvgIpc) is 3.07. The smallest absolute Gasteiger partial charge is 0.327 e. The molecule has 6 nitrogen and oxygen atoms in total. The third-order valence-corrected chi connectivity index (χ3v) is 5.18. The summed E-state index contributed by atoms with van der Waals surface area (Å²) in [4.78, 5) is 32.2. The summed E-state index contributed by atoms with van der Waals surface area (Å²) in [6.07, 6.45) is 2.71. The van der Waals surface area contributed by atoms with Gasteiger partial charge in [0.05, 0.1) is 12.2 Å². The molecule has 21 heavy (non-hydrogen) atoms. The zero-order chi connectivity index (χ0) is 15.0. The molecule has 2 atom stereocenters. The Bertz CT molecular complexity index is 535. The Kier molecular flexibility index (Phi) is 3.95. The van der Waals surface area contributed by atoms with Crippen LogP contribution >= 0.6 is 11.3 Å². The number of carbonyl (C=O) groups is 2. The monoisotopic (exact) mass is 309 g/mol. The quantitative estimate of drug-likeness (QED) is 0.800. The number of hydrogen-bond acceptors (Lipinski definition) is 5. The molecule has 0 saturated carbocycles. The molecule has 0 aliphatic carbocycles. The SMILES string of the molecule is CO[C@H](C)c1nc(CN2C(=O)[C@H]3CCCCN3C2=O)cs1. The molecule has 2 aliphatic heterocycles. The van der Waals surface area contributed by atoms with E-state index in [0.717, 1.165) is 30.0 Å². The van der Waals surface area contributed by atoms with Crippen LogP contribution < -0.4 is 0 Å². The van der Waals surface area contributed by atoms with Gasteiger partial charge in [-0.1, -0.05) is 0 Å². The average molecular weight is 309 g/mol. The first-order valence-corrected chi connectivity index (χ1v) is 8.09. The summed E-state index contributed by atoms with van der Waals surface area (Å²) < 4.78 is 5.23. The van der Waals surface area contributed by atoms with E-state index in [1.54, 1.807) is 12.0 Å². The lowest BCUT2D eigenvalue weighted by Crippen LogP contribution is -2.38. The molecule has 2 fully saturated rings. The van der Waals surface area contributed by atoms with Crippen LogP contribution in [0.5, 0.6) is 0 Å². The highest BCUT2D eigenvalue weighted by Crippen LogP contribution is 2.28. The molecule has 0 radical (unpaired) electrons. The summed E-state index contributed by atoms with van der Waals surface area (Å²) in [7, 11) is 1.64. The van der Waals surface area contributed by atoms with Crippen LogP contribution in [0.15, 0.2) is 5.38 Å². The van der Waals surface area contributed by atoms with E-state index in [-0.39, 0.29) is 30.6 Å². The van der Waals surface area contributed by atoms with Gasteiger partial charge in [-0.2, -0.15) is 0 Å². The number of imide groups is 1. The zero-order valence-electron chi connectivity index (χ0n) is 12.2. The highest BCUT2D eigenvalue weighted by molar-refractivity contribution is 7.09. The number of piperidine rings is 1. The Balaban J connectivity index is 1.74. The largest absolute Gasteiger partial charge is 0.375 e. The Morgan fingerprint density at radius 2 is 2.29 bits per heavy atom. The van der Waals surface area contributed by atoms with Crippen LogP contribution in [0.3, 0.4) is 0 Å². The fourth-order valence-electron chi connectivity index (χ4n) is 2.84. The van der Waals surface area contributed by atoms with Gasteiger partial charge in [0.1, 0.15) is 17.2 Å². The number of aromatic nitrogens is 1. The van der Waals surface area contributed by atoms with Gasteiger partial charge >= 0.3 is 6.03 Å². The van der Waals surface area contributed by atoms with Crippen LogP contribution in [-0.2, 0) is 16.1 Å². The van der Waals surface area contributed by atoms with Gasteiger partial charge in [0.15, 0.2) is 0 Å². The van der Waals surface area contributed by atoms with Gasteiger partial charge in [-0.15, -0.1) is 11.3 Å². The highest BCUT2D eigenvalue weighted by Gasteiger charge is 2.45. The number of amides is 3. The molecule has 3 heterocycles. The lowest BCUT2D eigenvalue weighted by molar-refractivity contribution is -0.129. The molecule has 0 aromatic carbocycles. The van der Waals surface area contributed by atoms with E-state index in [1.165, 1.54) is 16.2 Å². The van der Waals surface area contributed by atoms with Gasteiger partial charge in [-0.3, -0.25) is 9.69 Å². The Hall–Kier alpha value is -1.47. The van der Waals surface area contributed by atoms with Crippen LogP contribution in [0.25, 0.3) is 0 Å². The Labute approximate surface area is 127 Å². The van der Waals surface area contributed by atoms with Gasteiger partial charge in [-0.05, 0) is 26.2 Å². The van der Waals surface area contributed by atoms with Crippen molar-refractivity contribution < 1.29 is 14.3 Å². The van der Waals surface area contributed by atoms with Crippen LogP contribution in [-0.4, -0.2) is 46.4 Å². The van der Waals surface area contributed by atoms with Crippen LogP contribution in [0.2, 0.25) is 0 Å². The summed E-state index contributed by atoms with van der Waals surface area (Å²) in [5.74, 6) is -0.0750. The fourth-order valence-corrected chi connectivity index (χ4v) is 3.68. The number of ether oxygens (including phenoxy) is 1. The lowest BCUT2D eigenvalue weighted by Gasteiger charge is -2.26. The molecule has 7 heteroatoms. The number of methoxy groups -OCH3 is 1. The molecule has 0 bridgehead atoms. The minimum Gasteiger partial charge on any atom is -0.375 e. The lowest BCUT2D eigenvalue weighted by atomic mass is 10.0. The number of urea groups is 1. The first kappa shape index (κ1) is 14.5. The van der Waals surface area contributed by atoms with Crippen molar-refractivity contribution in [1.82, 2.24) is 14.8 Å². The molecule has 2 aliphatic rings. The maximum absolute atomic E-state index is 12.4. The summed E-state index contributed by atoms with van der Waals surface area (Å²) >= 11 is 1.49. The van der Waals surface area contributed by atoms with Crippen LogP contribution in [0.1, 0.15) is 43.0 Å². The van der Waals surface area contributed by atoms with E-state index in [2.05, 4.69) is 4.98 Å². The summed E-state index contributed by atoms with van der Waals surface area (Å²) in [5.41, 5.74) is 0.750. The van der Waals surface area contributed by atoms with E-state index < -0.39 is 0 Å². The van der Waals surface area contributed by atoms with Crippen molar-refractivity contribution in [2.45, 2.75) is 44.9 Å². The summed E-state index contributed by atoms with van der Waals surface area (Å²) in [6.45, 7) is 2.88. The van der Waals surface area contributed by atoms with Crippen molar-refractivity contribution in [3.8, 4) is 0 Å². The van der Waals surface area contributed by atoms with Gasteiger partial charge in [0, 0.05) is 19.0 Å². The highest BCUT2D eigenvalue weighted by atomic mass is 32.1. The van der Waals surface area contributed by atoms with Crippen molar-refractivity contribution in [2.75, 3.05) is 13.7 Å². The van der Waals surface area contributed by atoms with E-state index in [9.17, 15) is 9.59 Å². The van der Waals surface area contributed by atoms with E-state index in [4.69, 9.17) is 4.74 Å². The van der Waals surface area contributed by atoms with E-state index in [0.29, 0.717) is 6.54 Å². The standard InChI is InChI=1S/C14H19N3O3S/c1-9(20-2)12-15-10(8-21-12)7-17-13(18)11-5-3-4-6-16(11)14(17)19/h8-9,11H,3-7H2,1-2H3/t9-,11-/m1/s1. The molecular weight excluding hydrogens is 290 g/mol. The van der Waals surface area contributed by atoms with Crippen molar-refractivity contribution in [3.63, 3.8) is 0 Å². The third kappa shape index (κ3) is 2.55. The molecule has 0 spiro atoms. The van der Waals surface area contributed by atoms with Gasteiger partial charge in [0.25, 0.3) is 5.91 Å². The molecule has 114 valence electrons. The minimum atomic E-state index is -0.248. The normalized spacial score (nSPS) is 23.6. The second-order valence-corrected chi connectivity index (χ2v) is 6.36. The zero-order valence-corrected chi connectivity index (χ0v) is 13.1. The number of thiazole rings is 1. The van der Waals surface area contributed by atoms with Crippen molar-refractivity contribution >= 4 is 23.3 Å². The molecule has 0 unspecified atom stereocenters. The first-order chi connectivity index (χ1) is 10.1. The Morgan fingerprint density at radius 3 is 3.00 bits per heavy atom. The fraction of sp³-hybridized carbons (Fsp3) is 0.643. The Morgan fingerprint density at radius 1 is 1.48 bits per heavy atom. The van der Waals surface area contributed by atoms with Crippen LogP contribution in [0.4, 0.5) is 4.79 Å². The molecule has 1 aromatic heterocycles. The number of rotatable bonds is 4. The number of hydrogen-bond donors (Lipinski definition) is 0. The molecular formula is C14H19N3O3S. The maximum Gasteiger partial charge on any atom is 0.327 e. The maximum atomic E-state index is 12.4. The molecule has 1 aromatic rings. The van der Waals surface area contributed by atoms with E-state index >= 15 is 0 Å². The number of carbonyl (C=O) groups excluding carboxylic acids is 2. The van der Waals surface area contributed by atoms with Crippen molar-refractivity contribution in [1.29, 1.82) is 0 Å². The van der Waals surface area contributed by atoms with E-state index in [1.807, 2.05) is 12.3 Å². The first-order valence-electron chi connectivity index (χ1n) is 7.21. The minimum absolute atomic E-state index is 0.0694. The number of nitrogens with zero attached hydrogens (tertiary/aromatic N) is 3. The van der Waals surface area contributed by atoms with Crippen molar-refractivity contribution in [3.05, 3.63) is 16.1 Å². The number of fused-ring (bicyclic) bond motifs is 1. The third-order valence-electron chi connectivity index (χ3n) is 4.12. The molecule has 3 rings (SSSR count). The molecule has 0 N–H and O–H groups in total. The van der Waals surface area contributed by atoms with Gasteiger partial charge < -0.3 is 9.64 Å². The topological polar surface area (TPSA) is 62.7 Å². The van der Waals surface area contributed by atoms with Crippen LogP contribution in [0, 0.1) is 0 Å². The van der Waals surface area contributed by atoms with Gasteiger partial charge in [-0.25, -0.2) is 9.78 Å². The second-order valence-electron chi connectivity index (χ2n) is 5.47. The second kappa shape index (κ2) is 5.73. The van der Waals surface area contributed by atoms with Gasteiger partial charge in [0.2, 0.25) is 0 Å².